The molecule has 0 spiro atoms. The maximum absolute atomic E-state index is 12.7. The molecule has 0 aromatic heterocycles. The van der Waals surface area contributed by atoms with Gasteiger partial charge in [0.1, 0.15) is 0 Å². The summed E-state index contributed by atoms with van der Waals surface area (Å²) in [5.41, 5.74) is 3.64. The fourth-order valence-electron chi connectivity index (χ4n) is 1.59. The summed E-state index contributed by atoms with van der Waals surface area (Å²) in [5.74, 6) is 0. The molecule has 0 radical (unpaired) electrons. The van der Waals surface area contributed by atoms with Gasteiger partial charge in [0.15, 0.2) is 0 Å². The molecule has 1 aromatic rings. The lowest BCUT2D eigenvalue weighted by Gasteiger charge is -2.20. The predicted molar refractivity (Wildman–Crippen MR) is 59.6 cm³/mol. The largest absolute Gasteiger partial charge is 0.418 e. The molecular weight excluding hydrogens is 274 g/mol. The van der Waals surface area contributed by atoms with Gasteiger partial charge in [0.25, 0.3) is 0 Å². The van der Waals surface area contributed by atoms with Crippen LogP contribution in [0.15, 0.2) is 18.2 Å². The van der Waals surface area contributed by atoms with Gasteiger partial charge in [0.2, 0.25) is 0 Å². The summed E-state index contributed by atoms with van der Waals surface area (Å²) >= 11 is 0. The molecule has 1 unspecified atom stereocenters. The third-order valence-electron chi connectivity index (χ3n) is 2.29. The molecule has 2 nitrogen and oxygen atoms in total. The van der Waals surface area contributed by atoms with Gasteiger partial charge in [0.05, 0.1) is 12.0 Å². The Morgan fingerprint density at radius 2 is 1.74 bits per heavy atom. The van der Waals surface area contributed by atoms with Crippen LogP contribution in [0.1, 0.15) is 18.9 Å². The number of nitrogens with two attached hydrogens (primary N) is 1. The van der Waals surface area contributed by atoms with Crippen molar-refractivity contribution in [2.45, 2.75) is 31.7 Å². The lowest BCUT2D eigenvalue weighted by atomic mass is 10.1. The van der Waals surface area contributed by atoms with Gasteiger partial charge >= 0.3 is 12.4 Å². The number of alkyl halides is 6. The summed E-state index contributed by atoms with van der Waals surface area (Å²) < 4.78 is 74.5. The van der Waals surface area contributed by atoms with Crippen molar-refractivity contribution in [3.8, 4) is 0 Å². The van der Waals surface area contributed by atoms with E-state index in [1.54, 1.807) is 0 Å². The third kappa shape index (κ3) is 4.88. The van der Waals surface area contributed by atoms with Crippen LogP contribution in [0.3, 0.4) is 0 Å². The zero-order valence-electron chi connectivity index (χ0n) is 9.86. The van der Waals surface area contributed by atoms with Gasteiger partial charge < -0.3 is 11.1 Å². The number of rotatable bonds is 3. The summed E-state index contributed by atoms with van der Waals surface area (Å²) in [6.07, 6.45) is -10.4. The minimum Gasteiger partial charge on any atom is -0.399 e. The molecule has 0 aliphatic heterocycles. The average Bonchev–Trinajstić information content (AvgIpc) is 2.16. The molecule has 19 heavy (non-hydrogen) atoms. The van der Waals surface area contributed by atoms with Gasteiger partial charge in [-0.05, 0) is 25.1 Å². The SMILES string of the molecule is CC(CC(F)(F)F)Nc1ccc(N)cc1C(F)(F)F. The molecule has 0 aliphatic carbocycles. The Bertz CT molecular complexity index is 438. The van der Waals surface area contributed by atoms with Crippen molar-refractivity contribution in [2.75, 3.05) is 11.1 Å². The topological polar surface area (TPSA) is 38.0 Å². The van der Waals surface area contributed by atoms with Crippen molar-refractivity contribution < 1.29 is 26.3 Å². The van der Waals surface area contributed by atoms with E-state index in [9.17, 15) is 26.3 Å². The lowest BCUT2D eigenvalue weighted by Crippen LogP contribution is -2.25. The molecule has 108 valence electrons. The molecule has 1 atom stereocenters. The average molecular weight is 286 g/mol. The normalized spacial score (nSPS) is 14.3. The second kappa shape index (κ2) is 5.18. The van der Waals surface area contributed by atoms with E-state index in [-0.39, 0.29) is 5.69 Å². The highest BCUT2D eigenvalue weighted by molar-refractivity contribution is 5.59. The van der Waals surface area contributed by atoms with E-state index < -0.39 is 36.1 Å². The molecule has 0 amide bonds. The first kappa shape index (κ1) is 15.5. The monoisotopic (exact) mass is 286 g/mol. The van der Waals surface area contributed by atoms with E-state index >= 15 is 0 Å². The Hall–Kier alpha value is -1.60. The summed E-state index contributed by atoms with van der Waals surface area (Å²) in [6.45, 7) is 1.16. The van der Waals surface area contributed by atoms with E-state index in [2.05, 4.69) is 5.32 Å². The van der Waals surface area contributed by atoms with Crippen LogP contribution >= 0.6 is 0 Å². The standard InChI is InChI=1S/C11H12F6N2/c1-6(5-10(12,13)14)19-9-3-2-7(18)4-8(9)11(15,16)17/h2-4,6,19H,5,18H2,1H3. The number of hydrogen-bond donors (Lipinski definition) is 2. The highest BCUT2D eigenvalue weighted by Crippen LogP contribution is 2.36. The molecule has 0 bridgehead atoms. The van der Waals surface area contributed by atoms with Crippen molar-refractivity contribution in [2.24, 2.45) is 0 Å². The Labute approximate surface area is 105 Å². The summed E-state index contributed by atoms with van der Waals surface area (Å²) in [6, 6.07) is 1.72. The van der Waals surface area contributed by atoms with Crippen molar-refractivity contribution in [3.63, 3.8) is 0 Å². The Kier molecular flexibility index (Phi) is 4.21. The van der Waals surface area contributed by atoms with Gasteiger partial charge in [-0.15, -0.1) is 0 Å². The van der Waals surface area contributed by atoms with E-state index in [0.29, 0.717) is 6.07 Å². The molecule has 8 heteroatoms. The number of nitrogens with one attached hydrogen (secondary N) is 1. The highest BCUT2D eigenvalue weighted by Gasteiger charge is 2.35. The van der Waals surface area contributed by atoms with E-state index in [1.165, 1.54) is 6.07 Å². The second-order valence-electron chi connectivity index (χ2n) is 4.17. The minimum absolute atomic E-state index is 0.110. The summed E-state index contributed by atoms with van der Waals surface area (Å²) in [5, 5.41) is 2.21. The minimum atomic E-state index is -4.68. The lowest BCUT2D eigenvalue weighted by molar-refractivity contribution is -0.137. The first-order valence-electron chi connectivity index (χ1n) is 5.29. The smallest absolute Gasteiger partial charge is 0.399 e. The maximum Gasteiger partial charge on any atom is 0.418 e. The van der Waals surface area contributed by atoms with E-state index in [1.807, 2.05) is 0 Å². The van der Waals surface area contributed by atoms with Gasteiger partial charge in [-0.25, -0.2) is 0 Å². The Morgan fingerprint density at radius 1 is 1.16 bits per heavy atom. The van der Waals surface area contributed by atoms with Crippen molar-refractivity contribution in [3.05, 3.63) is 23.8 Å². The molecular formula is C11H12F6N2. The van der Waals surface area contributed by atoms with Crippen LogP contribution in [-0.4, -0.2) is 12.2 Å². The predicted octanol–water partition coefficient (Wildman–Crippen LogP) is 4.04. The van der Waals surface area contributed by atoms with Gasteiger partial charge in [-0.1, -0.05) is 0 Å². The van der Waals surface area contributed by atoms with Crippen LogP contribution in [-0.2, 0) is 6.18 Å². The van der Waals surface area contributed by atoms with Crippen LogP contribution < -0.4 is 11.1 Å². The number of halogens is 6. The van der Waals surface area contributed by atoms with Gasteiger partial charge in [0, 0.05) is 17.4 Å². The van der Waals surface area contributed by atoms with Crippen molar-refractivity contribution >= 4 is 11.4 Å². The first-order chi connectivity index (χ1) is 8.49. The van der Waals surface area contributed by atoms with E-state index in [0.717, 1.165) is 13.0 Å². The fraction of sp³-hybridized carbons (Fsp3) is 0.455. The summed E-state index contributed by atoms with van der Waals surface area (Å²) in [4.78, 5) is 0. The van der Waals surface area contributed by atoms with Crippen LogP contribution in [0.5, 0.6) is 0 Å². The second-order valence-corrected chi connectivity index (χ2v) is 4.17. The first-order valence-corrected chi connectivity index (χ1v) is 5.29. The summed E-state index contributed by atoms with van der Waals surface area (Å²) in [7, 11) is 0. The molecule has 0 aliphatic rings. The quantitative estimate of drug-likeness (QED) is 0.650. The van der Waals surface area contributed by atoms with Crippen LogP contribution in [0, 0.1) is 0 Å². The number of hydrogen-bond acceptors (Lipinski definition) is 2. The Balaban J connectivity index is 2.95. The zero-order valence-corrected chi connectivity index (χ0v) is 9.86. The highest BCUT2D eigenvalue weighted by atomic mass is 19.4. The molecule has 0 saturated carbocycles. The fourth-order valence-corrected chi connectivity index (χ4v) is 1.59. The van der Waals surface area contributed by atoms with Gasteiger partial charge in [-0.3, -0.25) is 0 Å². The van der Waals surface area contributed by atoms with Crippen LogP contribution in [0.2, 0.25) is 0 Å². The number of benzene rings is 1. The number of anilines is 2. The molecule has 0 saturated heterocycles. The molecule has 0 fully saturated rings. The van der Waals surface area contributed by atoms with Crippen molar-refractivity contribution in [1.82, 2.24) is 0 Å². The molecule has 1 aromatic carbocycles. The van der Waals surface area contributed by atoms with Crippen LogP contribution in [0.25, 0.3) is 0 Å². The van der Waals surface area contributed by atoms with Gasteiger partial charge in [-0.2, -0.15) is 26.3 Å². The zero-order chi connectivity index (χ0) is 14.8. The third-order valence-corrected chi connectivity index (χ3v) is 2.29. The molecule has 0 heterocycles. The van der Waals surface area contributed by atoms with E-state index in [4.69, 9.17) is 5.73 Å². The van der Waals surface area contributed by atoms with Crippen LogP contribution in [0.4, 0.5) is 37.7 Å². The molecule has 1 rings (SSSR count). The molecule has 3 N–H and O–H groups in total. The maximum atomic E-state index is 12.7. The Morgan fingerprint density at radius 3 is 2.21 bits per heavy atom. The van der Waals surface area contributed by atoms with Crippen molar-refractivity contribution in [1.29, 1.82) is 0 Å². The number of nitrogen functional groups attached to an aromatic ring is 1.